The Bertz CT molecular complexity index is 461. The van der Waals surface area contributed by atoms with E-state index in [1.807, 2.05) is 19.1 Å². The van der Waals surface area contributed by atoms with Gasteiger partial charge < -0.3 is 10.5 Å². The van der Waals surface area contributed by atoms with Gasteiger partial charge in [0.2, 0.25) is 0 Å². The van der Waals surface area contributed by atoms with Crippen molar-refractivity contribution in [2.75, 3.05) is 13.3 Å². The van der Waals surface area contributed by atoms with E-state index in [1.165, 1.54) is 6.20 Å². The predicted molar refractivity (Wildman–Crippen MR) is 87.8 cm³/mol. The van der Waals surface area contributed by atoms with Crippen LogP contribution in [0.25, 0.3) is 0 Å². The van der Waals surface area contributed by atoms with Gasteiger partial charge in [-0.25, -0.2) is 0 Å². The largest absolute Gasteiger partial charge is 0.405 e. The van der Waals surface area contributed by atoms with Gasteiger partial charge in [0, 0.05) is 32.1 Å². The molecule has 2 N–H and O–H groups in total. The number of hydrogen-bond donors (Lipinski definition) is 1. The molecule has 0 bridgehead atoms. The van der Waals surface area contributed by atoms with Crippen LogP contribution in [0.5, 0.6) is 0 Å². The number of nitrogens with two attached hydrogens (primary N) is 1. The van der Waals surface area contributed by atoms with Gasteiger partial charge in [-0.2, -0.15) is 0 Å². The Morgan fingerprint density at radius 2 is 2.15 bits per heavy atom. The molecule has 0 amide bonds. The molecular weight excluding hydrogens is 266 g/mol. The van der Waals surface area contributed by atoms with Crippen LogP contribution in [0.4, 0.5) is 0 Å². The summed E-state index contributed by atoms with van der Waals surface area (Å²) in [5, 5.41) is 0. The number of nitrogens with zero attached hydrogens (tertiary/aromatic N) is 2. The van der Waals surface area contributed by atoms with Gasteiger partial charge in [-0.1, -0.05) is 19.6 Å². The summed E-state index contributed by atoms with van der Waals surface area (Å²) in [6.07, 6.45) is 5.06. The first kappa shape index (κ1) is 16.6. The lowest BCUT2D eigenvalue weighted by Gasteiger charge is -2.14. The summed E-state index contributed by atoms with van der Waals surface area (Å²) in [6.45, 7) is 10.1. The van der Waals surface area contributed by atoms with Crippen molar-refractivity contribution in [3.05, 3.63) is 41.9 Å². The zero-order valence-corrected chi connectivity index (χ0v) is 13.9. The standard InChI is InChI=1S/C15H25N3OSi/c1-13-5-6-14(11-17-13)15(7-8-16)18-12-19-9-10-20(2,3)4/h5-8,11H,9-10,12,16H2,1-4H3/b8-7-,18-15-. The molecule has 0 saturated heterocycles. The Hall–Kier alpha value is -1.46. The van der Waals surface area contributed by atoms with Crippen molar-refractivity contribution >= 4 is 13.8 Å². The third-order valence-corrected chi connectivity index (χ3v) is 4.49. The zero-order valence-electron chi connectivity index (χ0n) is 12.9. The summed E-state index contributed by atoms with van der Waals surface area (Å²) in [7, 11) is -1.04. The number of allylic oxidation sites excluding steroid dienone is 1. The second kappa shape index (κ2) is 7.97. The second-order valence-corrected chi connectivity index (χ2v) is 11.6. The van der Waals surface area contributed by atoms with Gasteiger partial charge in [-0.3, -0.25) is 9.98 Å². The van der Waals surface area contributed by atoms with Gasteiger partial charge in [0.05, 0.1) is 5.71 Å². The smallest absolute Gasteiger partial charge is 0.138 e. The lowest BCUT2D eigenvalue weighted by Crippen LogP contribution is -2.21. The molecule has 20 heavy (non-hydrogen) atoms. The van der Waals surface area contributed by atoms with Crippen molar-refractivity contribution in [1.29, 1.82) is 0 Å². The summed E-state index contributed by atoms with van der Waals surface area (Å²) in [4.78, 5) is 8.70. The van der Waals surface area contributed by atoms with E-state index < -0.39 is 8.07 Å². The molecule has 1 aromatic rings. The number of hydrogen-bond acceptors (Lipinski definition) is 4. The highest BCUT2D eigenvalue weighted by Crippen LogP contribution is 2.08. The van der Waals surface area contributed by atoms with E-state index in [4.69, 9.17) is 10.5 Å². The summed E-state index contributed by atoms with van der Waals surface area (Å²) in [6, 6.07) is 5.10. The van der Waals surface area contributed by atoms with Crippen molar-refractivity contribution in [2.45, 2.75) is 32.6 Å². The van der Waals surface area contributed by atoms with Crippen LogP contribution in [0.2, 0.25) is 25.7 Å². The van der Waals surface area contributed by atoms with Crippen LogP contribution < -0.4 is 5.73 Å². The van der Waals surface area contributed by atoms with Crippen LogP contribution in [0.1, 0.15) is 11.3 Å². The minimum atomic E-state index is -1.04. The highest BCUT2D eigenvalue weighted by Gasteiger charge is 2.11. The first-order valence-electron chi connectivity index (χ1n) is 6.86. The molecule has 0 saturated carbocycles. The molecule has 0 unspecified atom stereocenters. The van der Waals surface area contributed by atoms with Gasteiger partial charge in [-0.15, -0.1) is 0 Å². The molecule has 0 aliphatic rings. The SMILES string of the molecule is Cc1ccc(C(/C=C\N)=N\COCC[Si](C)(C)C)cn1. The van der Waals surface area contributed by atoms with Crippen molar-refractivity contribution in [2.24, 2.45) is 10.7 Å². The monoisotopic (exact) mass is 291 g/mol. The van der Waals surface area contributed by atoms with Crippen LogP contribution in [0.3, 0.4) is 0 Å². The molecular formula is C15H25N3OSi. The van der Waals surface area contributed by atoms with Crippen LogP contribution in [-0.4, -0.2) is 32.1 Å². The van der Waals surface area contributed by atoms with E-state index in [2.05, 4.69) is 29.6 Å². The Morgan fingerprint density at radius 3 is 2.70 bits per heavy atom. The van der Waals surface area contributed by atoms with Crippen molar-refractivity contribution in [3.8, 4) is 0 Å². The summed E-state index contributed by atoms with van der Waals surface area (Å²) >= 11 is 0. The van der Waals surface area contributed by atoms with E-state index in [0.29, 0.717) is 6.73 Å². The van der Waals surface area contributed by atoms with Gasteiger partial charge >= 0.3 is 0 Å². The summed E-state index contributed by atoms with van der Waals surface area (Å²) in [5.74, 6) is 0. The normalized spacial score (nSPS) is 13.1. The second-order valence-electron chi connectivity index (χ2n) is 5.94. The van der Waals surface area contributed by atoms with E-state index in [-0.39, 0.29) is 0 Å². The predicted octanol–water partition coefficient (Wildman–Crippen LogP) is 2.96. The molecule has 0 spiro atoms. The third-order valence-electron chi connectivity index (χ3n) is 2.78. The van der Waals surface area contributed by atoms with E-state index in [0.717, 1.165) is 29.6 Å². The average molecular weight is 291 g/mol. The summed E-state index contributed by atoms with van der Waals surface area (Å²) in [5.41, 5.74) is 8.20. The van der Waals surface area contributed by atoms with E-state index in [9.17, 15) is 0 Å². The molecule has 1 aromatic heterocycles. The first-order valence-corrected chi connectivity index (χ1v) is 10.6. The average Bonchev–Trinajstić information content (AvgIpc) is 2.37. The molecule has 4 nitrogen and oxygen atoms in total. The first-order chi connectivity index (χ1) is 9.42. The fourth-order valence-corrected chi connectivity index (χ4v) is 2.27. The fourth-order valence-electron chi connectivity index (χ4n) is 1.51. The number of rotatable bonds is 7. The highest BCUT2D eigenvalue weighted by molar-refractivity contribution is 6.76. The maximum atomic E-state index is 5.58. The quantitative estimate of drug-likeness (QED) is 0.477. The molecule has 0 aromatic carbocycles. The van der Waals surface area contributed by atoms with Crippen LogP contribution in [0.15, 0.2) is 35.6 Å². The van der Waals surface area contributed by atoms with E-state index >= 15 is 0 Å². The molecule has 0 aliphatic heterocycles. The van der Waals surface area contributed by atoms with Gasteiger partial charge in [0.15, 0.2) is 0 Å². The van der Waals surface area contributed by atoms with E-state index in [1.54, 1.807) is 12.3 Å². The summed E-state index contributed by atoms with van der Waals surface area (Å²) < 4.78 is 5.58. The fraction of sp³-hybridized carbons (Fsp3) is 0.467. The number of aryl methyl sites for hydroxylation is 1. The van der Waals surface area contributed by atoms with Gasteiger partial charge in [0.25, 0.3) is 0 Å². The maximum absolute atomic E-state index is 5.58. The third kappa shape index (κ3) is 6.63. The number of pyridine rings is 1. The van der Waals surface area contributed by atoms with Gasteiger partial charge in [0.1, 0.15) is 6.73 Å². The Labute approximate surface area is 122 Å². The lowest BCUT2D eigenvalue weighted by atomic mass is 10.1. The molecule has 0 radical (unpaired) electrons. The topological polar surface area (TPSA) is 60.5 Å². The molecule has 0 atom stereocenters. The molecule has 1 heterocycles. The van der Waals surface area contributed by atoms with Crippen LogP contribution in [0, 0.1) is 6.92 Å². The molecule has 1 rings (SSSR count). The van der Waals surface area contributed by atoms with Crippen molar-refractivity contribution in [1.82, 2.24) is 4.98 Å². The van der Waals surface area contributed by atoms with Gasteiger partial charge in [-0.05, 0) is 37.4 Å². The Morgan fingerprint density at radius 1 is 1.40 bits per heavy atom. The zero-order chi connectivity index (χ0) is 15.0. The lowest BCUT2D eigenvalue weighted by molar-refractivity contribution is 0.155. The molecule has 0 aliphatic carbocycles. The highest BCUT2D eigenvalue weighted by atomic mass is 28.3. The van der Waals surface area contributed by atoms with Crippen molar-refractivity contribution in [3.63, 3.8) is 0 Å². The Kier molecular flexibility index (Phi) is 6.61. The maximum Gasteiger partial charge on any atom is 0.138 e. The van der Waals surface area contributed by atoms with Crippen LogP contribution >= 0.6 is 0 Å². The van der Waals surface area contributed by atoms with Crippen LogP contribution in [-0.2, 0) is 4.74 Å². The molecule has 110 valence electrons. The Balaban J connectivity index is 2.58. The molecule has 0 fully saturated rings. The minimum Gasteiger partial charge on any atom is -0.405 e. The molecule has 5 heteroatoms. The number of aliphatic imine (C=N–C) groups is 1. The number of ether oxygens (including phenoxy) is 1. The van der Waals surface area contributed by atoms with Crippen molar-refractivity contribution < 1.29 is 4.74 Å². The minimum absolute atomic E-state index is 0.359. The number of aromatic nitrogens is 1.